The molecule has 1 aromatic rings. The molecule has 0 saturated heterocycles. The number of hydrogen-bond donors (Lipinski definition) is 2. The molecule has 1 aliphatic rings. The Labute approximate surface area is 137 Å². The second-order valence-electron chi connectivity index (χ2n) is 7.25. The van der Waals surface area contributed by atoms with Crippen LogP contribution in [0.4, 0.5) is 0 Å². The Bertz CT molecular complexity index is 584. The second kappa shape index (κ2) is 6.91. The van der Waals surface area contributed by atoms with Gasteiger partial charge >= 0.3 is 0 Å². The number of rotatable bonds is 4. The number of aryl methyl sites for hydroxylation is 1. The van der Waals surface area contributed by atoms with Crippen LogP contribution in [0, 0.1) is 4.77 Å². The van der Waals surface area contributed by atoms with E-state index in [9.17, 15) is 4.79 Å². The Kier molecular flexibility index (Phi) is 5.39. The lowest BCUT2D eigenvalue weighted by Crippen LogP contribution is -3.09. The van der Waals surface area contributed by atoms with Gasteiger partial charge in [0.15, 0.2) is 13.2 Å². The third-order valence-corrected chi connectivity index (χ3v) is 4.11. The van der Waals surface area contributed by atoms with Gasteiger partial charge in [0.25, 0.3) is 5.91 Å². The SMILES string of the molecule is C[NH+](CC(=O)NC(C)(C)C)Cn1nc2n(c1=S)CCCCC2. The molecule has 1 aliphatic heterocycles. The fourth-order valence-electron chi connectivity index (χ4n) is 2.78. The van der Waals surface area contributed by atoms with Crippen LogP contribution in [-0.2, 0) is 24.4 Å². The summed E-state index contributed by atoms with van der Waals surface area (Å²) in [5.41, 5.74) is -0.195. The van der Waals surface area contributed by atoms with Crippen LogP contribution in [0.3, 0.4) is 0 Å². The zero-order valence-electron chi connectivity index (χ0n) is 14.1. The summed E-state index contributed by atoms with van der Waals surface area (Å²) in [6.07, 6.45) is 4.60. The molecule has 0 aromatic carbocycles. The van der Waals surface area contributed by atoms with E-state index < -0.39 is 0 Å². The monoisotopic (exact) mass is 326 g/mol. The summed E-state index contributed by atoms with van der Waals surface area (Å²) in [4.78, 5) is 13.1. The Morgan fingerprint density at radius 3 is 2.77 bits per heavy atom. The molecule has 0 saturated carbocycles. The standard InChI is InChI=1S/C15H27N5OS/c1-15(2,3)16-13(21)10-18(4)11-20-14(22)19-9-7-5-6-8-12(19)17-20/h5-11H2,1-4H3,(H,16,21)/p+1. The summed E-state index contributed by atoms with van der Waals surface area (Å²) < 4.78 is 4.81. The number of aromatic nitrogens is 3. The number of likely N-dealkylation sites (N-methyl/N-ethyl adjacent to an activating group) is 1. The molecule has 0 fully saturated rings. The molecule has 1 unspecified atom stereocenters. The number of fused-ring (bicyclic) bond motifs is 1. The molecule has 1 aromatic heterocycles. The molecule has 0 radical (unpaired) electrons. The zero-order valence-corrected chi connectivity index (χ0v) is 14.9. The second-order valence-corrected chi connectivity index (χ2v) is 7.62. The number of hydrogen-bond acceptors (Lipinski definition) is 3. The van der Waals surface area contributed by atoms with Gasteiger partial charge in [0.05, 0.1) is 7.05 Å². The highest BCUT2D eigenvalue weighted by Gasteiger charge is 2.19. The van der Waals surface area contributed by atoms with E-state index in [2.05, 4.69) is 15.0 Å². The minimum atomic E-state index is -0.195. The molecule has 1 amide bonds. The average molecular weight is 326 g/mol. The van der Waals surface area contributed by atoms with E-state index in [-0.39, 0.29) is 11.4 Å². The molecular formula is C15H28N5OS+. The van der Waals surface area contributed by atoms with Crippen molar-refractivity contribution in [2.75, 3.05) is 13.6 Å². The number of quaternary nitrogens is 1. The van der Waals surface area contributed by atoms with Gasteiger partial charge in [0.2, 0.25) is 4.77 Å². The summed E-state index contributed by atoms with van der Waals surface area (Å²) in [7, 11) is 1.99. The smallest absolute Gasteiger partial charge is 0.275 e. The largest absolute Gasteiger partial charge is 0.347 e. The maximum absolute atomic E-state index is 12.0. The highest BCUT2D eigenvalue weighted by atomic mass is 32.1. The van der Waals surface area contributed by atoms with Crippen LogP contribution in [-0.4, -0.2) is 39.4 Å². The molecule has 2 rings (SSSR count). The normalized spacial score (nSPS) is 16.7. The molecule has 22 heavy (non-hydrogen) atoms. The van der Waals surface area contributed by atoms with Crippen LogP contribution in [0.5, 0.6) is 0 Å². The maximum atomic E-state index is 12.0. The van der Waals surface area contributed by atoms with E-state index in [4.69, 9.17) is 12.2 Å². The van der Waals surface area contributed by atoms with Gasteiger partial charge in [-0.25, -0.2) is 0 Å². The number of carbonyl (C=O) groups is 1. The highest BCUT2D eigenvalue weighted by Crippen LogP contribution is 2.13. The molecule has 124 valence electrons. The first-order valence-corrected chi connectivity index (χ1v) is 8.46. The molecule has 0 aliphatic carbocycles. The molecule has 2 heterocycles. The lowest BCUT2D eigenvalue weighted by Gasteiger charge is -2.21. The van der Waals surface area contributed by atoms with Gasteiger partial charge in [0.1, 0.15) is 5.82 Å². The van der Waals surface area contributed by atoms with E-state index in [1.165, 1.54) is 19.3 Å². The summed E-state index contributed by atoms with van der Waals surface area (Å²) in [6, 6.07) is 0. The predicted molar refractivity (Wildman–Crippen MR) is 88.3 cm³/mol. The lowest BCUT2D eigenvalue weighted by atomic mass is 10.1. The molecule has 6 nitrogen and oxygen atoms in total. The third-order valence-electron chi connectivity index (χ3n) is 3.68. The van der Waals surface area contributed by atoms with Crippen LogP contribution in [0.1, 0.15) is 45.9 Å². The molecule has 2 N–H and O–H groups in total. The lowest BCUT2D eigenvalue weighted by molar-refractivity contribution is -0.895. The van der Waals surface area contributed by atoms with Crippen molar-refractivity contribution in [2.24, 2.45) is 0 Å². The van der Waals surface area contributed by atoms with Gasteiger partial charge in [-0.15, -0.1) is 0 Å². The van der Waals surface area contributed by atoms with Crippen molar-refractivity contribution in [1.29, 1.82) is 0 Å². The van der Waals surface area contributed by atoms with E-state index in [1.807, 2.05) is 32.5 Å². The van der Waals surface area contributed by atoms with Crippen molar-refractivity contribution in [3.8, 4) is 0 Å². The van der Waals surface area contributed by atoms with Crippen molar-refractivity contribution in [2.45, 2.75) is 65.2 Å². The first-order chi connectivity index (χ1) is 10.3. The van der Waals surface area contributed by atoms with E-state index in [0.717, 1.165) is 28.5 Å². The maximum Gasteiger partial charge on any atom is 0.275 e. The fraction of sp³-hybridized carbons (Fsp3) is 0.800. The van der Waals surface area contributed by atoms with E-state index >= 15 is 0 Å². The van der Waals surface area contributed by atoms with Crippen LogP contribution in [0.15, 0.2) is 0 Å². The summed E-state index contributed by atoms with van der Waals surface area (Å²) >= 11 is 5.54. The highest BCUT2D eigenvalue weighted by molar-refractivity contribution is 7.71. The number of amides is 1. The number of nitrogens with one attached hydrogen (secondary N) is 2. The molecular weight excluding hydrogens is 298 g/mol. The number of carbonyl (C=O) groups excluding carboxylic acids is 1. The van der Waals surface area contributed by atoms with Gasteiger partial charge in [-0.2, -0.15) is 9.78 Å². The Balaban J connectivity index is 1.99. The Morgan fingerprint density at radius 1 is 1.36 bits per heavy atom. The minimum absolute atomic E-state index is 0.0530. The topological polar surface area (TPSA) is 56.3 Å². The molecule has 1 atom stereocenters. The van der Waals surface area contributed by atoms with Gasteiger partial charge in [-0.3, -0.25) is 4.79 Å². The Morgan fingerprint density at radius 2 is 2.09 bits per heavy atom. The summed E-state index contributed by atoms with van der Waals surface area (Å²) in [5, 5.41) is 7.64. The van der Waals surface area contributed by atoms with Crippen LogP contribution in [0.2, 0.25) is 0 Å². The van der Waals surface area contributed by atoms with Crippen LogP contribution >= 0.6 is 12.2 Å². The van der Waals surface area contributed by atoms with Gasteiger partial charge in [-0.05, 0) is 45.8 Å². The van der Waals surface area contributed by atoms with Crippen molar-refractivity contribution in [1.82, 2.24) is 19.7 Å². The first kappa shape index (κ1) is 17.1. The molecule has 7 heteroatoms. The number of nitrogens with zero attached hydrogens (tertiary/aromatic N) is 3. The van der Waals surface area contributed by atoms with Gasteiger partial charge < -0.3 is 14.8 Å². The van der Waals surface area contributed by atoms with E-state index in [0.29, 0.717) is 13.2 Å². The summed E-state index contributed by atoms with van der Waals surface area (Å²) in [5.74, 6) is 1.15. The summed E-state index contributed by atoms with van der Waals surface area (Å²) in [6.45, 7) is 7.98. The first-order valence-electron chi connectivity index (χ1n) is 8.05. The van der Waals surface area contributed by atoms with E-state index in [1.54, 1.807) is 0 Å². The molecule has 0 bridgehead atoms. The predicted octanol–water partition coefficient (Wildman–Crippen LogP) is 0.527. The van der Waals surface area contributed by atoms with Crippen molar-refractivity contribution in [3.05, 3.63) is 10.6 Å². The van der Waals surface area contributed by atoms with Crippen LogP contribution in [0.25, 0.3) is 0 Å². The quantitative estimate of drug-likeness (QED) is 0.794. The van der Waals surface area contributed by atoms with Crippen molar-refractivity contribution >= 4 is 18.1 Å². The van der Waals surface area contributed by atoms with Gasteiger partial charge in [-0.1, -0.05) is 6.42 Å². The van der Waals surface area contributed by atoms with Crippen molar-refractivity contribution < 1.29 is 9.69 Å². The zero-order chi connectivity index (χ0) is 16.3. The minimum Gasteiger partial charge on any atom is -0.347 e. The Hall–Kier alpha value is -1.21. The fourth-order valence-corrected chi connectivity index (χ4v) is 3.08. The third kappa shape index (κ3) is 4.64. The van der Waals surface area contributed by atoms with Crippen molar-refractivity contribution in [3.63, 3.8) is 0 Å². The van der Waals surface area contributed by atoms with Crippen LogP contribution < -0.4 is 10.2 Å². The van der Waals surface area contributed by atoms with Gasteiger partial charge in [0, 0.05) is 18.5 Å². The molecule has 0 spiro atoms. The average Bonchev–Trinajstić information content (AvgIpc) is 2.56.